The van der Waals surface area contributed by atoms with Crippen LogP contribution >= 0.6 is 22.6 Å². The lowest BCUT2D eigenvalue weighted by molar-refractivity contribution is 0.102. The van der Waals surface area contributed by atoms with Gasteiger partial charge >= 0.3 is 0 Å². The van der Waals surface area contributed by atoms with Crippen molar-refractivity contribution in [1.82, 2.24) is 14.8 Å². The minimum absolute atomic E-state index is 0.176. The molecule has 0 spiro atoms. The minimum Gasteiger partial charge on any atom is -0.322 e. The van der Waals surface area contributed by atoms with Crippen LogP contribution in [0.25, 0.3) is 5.69 Å². The maximum Gasteiger partial charge on any atom is 0.257 e. The first-order valence-corrected chi connectivity index (χ1v) is 7.32. The lowest BCUT2D eigenvalue weighted by atomic mass is 10.2. The van der Waals surface area contributed by atoms with E-state index in [0.29, 0.717) is 5.56 Å². The molecule has 21 heavy (non-hydrogen) atoms. The van der Waals surface area contributed by atoms with Gasteiger partial charge in [0.2, 0.25) is 0 Å². The molecule has 0 aliphatic carbocycles. The first-order valence-electron chi connectivity index (χ1n) is 6.24. The summed E-state index contributed by atoms with van der Waals surface area (Å²) in [7, 11) is 0. The van der Waals surface area contributed by atoms with Gasteiger partial charge in [-0.05, 0) is 59.0 Å². The number of nitrogens with zero attached hydrogens (tertiary/aromatic N) is 3. The van der Waals surface area contributed by atoms with Crippen molar-refractivity contribution in [3.63, 3.8) is 0 Å². The Hall–Kier alpha value is -2.22. The summed E-state index contributed by atoms with van der Waals surface area (Å²) in [5, 5.41) is 7.07. The zero-order valence-corrected chi connectivity index (χ0v) is 13.1. The van der Waals surface area contributed by atoms with Crippen molar-refractivity contribution in [2.45, 2.75) is 0 Å². The number of nitrogens with one attached hydrogen (secondary N) is 1. The molecule has 0 fully saturated rings. The summed E-state index contributed by atoms with van der Waals surface area (Å²) in [5.41, 5.74) is 2.20. The van der Waals surface area contributed by atoms with Crippen LogP contribution in [-0.4, -0.2) is 20.7 Å². The molecule has 104 valence electrons. The summed E-state index contributed by atoms with van der Waals surface area (Å²) < 4.78 is 2.86. The second-order valence-corrected chi connectivity index (χ2v) is 5.59. The Morgan fingerprint density at radius 1 is 1.14 bits per heavy atom. The number of carbonyl (C=O) groups is 1. The van der Waals surface area contributed by atoms with E-state index in [1.807, 2.05) is 30.5 Å². The molecule has 0 saturated carbocycles. The van der Waals surface area contributed by atoms with E-state index in [-0.39, 0.29) is 5.91 Å². The molecular formula is C15H11IN4O. The van der Waals surface area contributed by atoms with Crippen LogP contribution in [0.15, 0.2) is 61.2 Å². The molecule has 1 aromatic carbocycles. The first-order chi connectivity index (χ1) is 10.2. The molecule has 0 saturated heterocycles. The number of halogens is 1. The number of anilines is 1. The molecule has 0 aliphatic heterocycles. The summed E-state index contributed by atoms with van der Waals surface area (Å²) in [6.07, 6.45) is 6.90. The SMILES string of the molecule is O=C(Nc1ccc(-n2cc(I)cn2)cc1)c1cccnc1. The predicted octanol–water partition coefficient (Wildman–Crippen LogP) is 3.12. The van der Waals surface area contributed by atoms with Crippen LogP contribution in [0, 0.1) is 3.57 Å². The van der Waals surface area contributed by atoms with Gasteiger partial charge in [-0.15, -0.1) is 0 Å². The number of carbonyl (C=O) groups excluding carboxylic acids is 1. The van der Waals surface area contributed by atoms with Gasteiger partial charge in [-0.3, -0.25) is 9.78 Å². The van der Waals surface area contributed by atoms with E-state index in [2.05, 4.69) is 38.0 Å². The number of amides is 1. The molecule has 1 amide bonds. The lowest BCUT2D eigenvalue weighted by Crippen LogP contribution is -2.11. The van der Waals surface area contributed by atoms with Gasteiger partial charge in [0.25, 0.3) is 5.91 Å². The van der Waals surface area contributed by atoms with Crippen LogP contribution in [0.3, 0.4) is 0 Å². The molecule has 0 bridgehead atoms. The molecule has 3 aromatic rings. The third-order valence-electron chi connectivity index (χ3n) is 2.86. The quantitative estimate of drug-likeness (QED) is 0.700. The summed E-state index contributed by atoms with van der Waals surface area (Å²) >= 11 is 2.21. The molecule has 0 radical (unpaired) electrons. The molecule has 3 rings (SSSR count). The van der Waals surface area contributed by atoms with Crippen molar-refractivity contribution in [1.29, 1.82) is 0 Å². The van der Waals surface area contributed by atoms with Gasteiger partial charge in [0, 0.05) is 24.3 Å². The molecule has 2 aromatic heterocycles. The van der Waals surface area contributed by atoms with E-state index >= 15 is 0 Å². The van der Waals surface area contributed by atoms with E-state index in [0.717, 1.165) is 14.9 Å². The van der Waals surface area contributed by atoms with Gasteiger partial charge in [-0.1, -0.05) is 0 Å². The highest BCUT2D eigenvalue weighted by Gasteiger charge is 2.06. The second-order valence-electron chi connectivity index (χ2n) is 4.35. The fourth-order valence-corrected chi connectivity index (χ4v) is 2.23. The van der Waals surface area contributed by atoms with E-state index in [1.165, 1.54) is 6.20 Å². The fourth-order valence-electron chi connectivity index (χ4n) is 1.84. The fraction of sp³-hybridized carbons (Fsp3) is 0. The van der Waals surface area contributed by atoms with Crippen molar-refractivity contribution >= 4 is 34.2 Å². The molecule has 2 heterocycles. The van der Waals surface area contributed by atoms with Gasteiger partial charge in [0.05, 0.1) is 21.0 Å². The van der Waals surface area contributed by atoms with Gasteiger partial charge in [-0.2, -0.15) is 5.10 Å². The van der Waals surface area contributed by atoms with E-state index in [4.69, 9.17) is 0 Å². The van der Waals surface area contributed by atoms with Gasteiger partial charge < -0.3 is 5.32 Å². The highest BCUT2D eigenvalue weighted by atomic mass is 127. The summed E-state index contributed by atoms with van der Waals surface area (Å²) in [6, 6.07) is 11.0. The Morgan fingerprint density at radius 2 is 1.95 bits per heavy atom. The zero-order chi connectivity index (χ0) is 14.7. The molecule has 0 atom stereocenters. The normalized spacial score (nSPS) is 10.3. The van der Waals surface area contributed by atoms with Crippen LogP contribution in [-0.2, 0) is 0 Å². The number of pyridine rings is 1. The highest BCUT2D eigenvalue weighted by molar-refractivity contribution is 14.1. The van der Waals surface area contributed by atoms with E-state index < -0.39 is 0 Å². The van der Waals surface area contributed by atoms with Gasteiger partial charge in [-0.25, -0.2) is 4.68 Å². The van der Waals surface area contributed by atoms with Crippen molar-refractivity contribution in [2.24, 2.45) is 0 Å². The Balaban J connectivity index is 1.74. The van der Waals surface area contributed by atoms with Crippen molar-refractivity contribution in [2.75, 3.05) is 5.32 Å². The molecule has 0 aliphatic rings. The van der Waals surface area contributed by atoms with Crippen LogP contribution in [0.2, 0.25) is 0 Å². The van der Waals surface area contributed by atoms with Crippen molar-refractivity contribution < 1.29 is 4.79 Å². The number of hydrogen-bond acceptors (Lipinski definition) is 3. The average molecular weight is 390 g/mol. The number of hydrogen-bond donors (Lipinski definition) is 1. The third kappa shape index (κ3) is 3.27. The van der Waals surface area contributed by atoms with Crippen LogP contribution < -0.4 is 5.32 Å². The predicted molar refractivity (Wildman–Crippen MR) is 88.5 cm³/mol. The van der Waals surface area contributed by atoms with E-state index in [1.54, 1.807) is 29.2 Å². The summed E-state index contributed by atoms with van der Waals surface area (Å²) in [4.78, 5) is 15.9. The average Bonchev–Trinajstić information content (AvgIpc) is 2.95. The topological polar surface area (TPSA) is 59.8 Å². The molecule has 1 N–H and O–H groups in total. The Bertz CT molecular complexity index is 753. The Kier molecular flexibility index (Phi) is 3.96. The van der Waals surface area contributed by atoms with Crippen LogP contribution in [0.4, 0.5) is 5.69 Å². The second kappa shape index (κ2) is 6.04. The standard InChI is InChI=1S/C15H11IN4O/c16-12-9-18-20(10-12)14-5-3-13(4-6-14)19-15(21)11-2-1-7-17-8-11/h1-10H,(H,19,21). The summed E-state index contributed by atoms with van der Waals surface area (Å²) in [5.74, 6) is -0.176. The van der Waals surface area contributed by atoms with Crippen LogP contribution in [0.5, 0.6) is 0 Å². The lowest BCUT2D eigenvalue weighted by Gasteiger charge is -2.06. The minimum atomic E-state index is -0.176. The maximum absolute atomic E-state index is 12.0. The molecular weight excluding hydrogens is 379 g/mol. The first kappa shape index (κ1) is 13.7. The zero-order valence-electron chi connectivity index (χ0n) is 10.9. The number of aromatic nitrogens is 3. The van der Waals surface area contributed by atoms with Crippen molar-refractivity contribution in [3.8, 4) is 5.69 Å². The van der Waals surface area contributed by atoms with Crippen LogP contribution in [0.1, 0.15) is 10.4 Å². The van der Waals surface area contributed by atoms with Gasteiger partial charge in [0.1, 0.15) is 0 Å². The molecule has 0 unspecified atom stereocenters. The maximum atomic E-state index is 12.0. The Morgan fingerprint density at radius 3 is 2.57 bits per heavy atom. The smallest absolute Gasteiger partial charge is 0.257 e. The Labute approximate surface area is 135 Å². The largest absolute Gasteiger partial charge is 0.322 e. The van der Waals surface area contributed by atoms with E-state index in [9.17, 15) is 4.79 Å². The van der Waals surface area contributed by atoms with Gasteiger partial charge in [0.15, 0.2) is 0 Å². The molecule has 6 heteroatoms. The third-order valence-corrected chi connectivity index (χ3v) is 3.42. The molecule has 5 nitrogen and oxygen atoms in total. The van der Waals surface area contributed by atoms with Crippen molar-refractivity contribution in [3.05, 3.63) is 70.3 Å². The highest BCUT2D eigenvalue weighted by Crippen LogP contribution is 2.15. The monoisotopic (exact) mass is 390 g/mol. The number of benzene rings is 1. The number of rotatable bonds is 3. The summed E-state index contributed by atoms with van der Waals surface area (Å²) in [6.45, 7) is 0.